The summed E-state index contributed by atoms with van der Waals surface area (Å²) in [5.74, 6) is -0.341. The van der Waals surface area contributed by atoms with Gasteiger partial charge in [-0.25, -0.2) is 9.37 Å². The van der Waals surface area contributed by atoms with E-state index in [9.17, 15) is 4.39 Å². The molecule has 90 valence electrons. The Kier molecular flexibility index (Phi) is 2.45. The van der Waals surface area contributed by atoms with Crippen molar-refractivity contribution in [2.45, 2.75) is 0 Å². The summed E-state index contributed by atoms with van der Waals surface area (Å²) in [5.41, 5.74) is 7.17. The molecule has 0 atom stereocenters. The summed E-state index contributed by atoms with van der Waals surface area (Å²) in [6.45, 7) is 0. The number of nitrogen functional groups attached to an aromatic ring is 1. The zero-order chi connectivity index (χ0) is 12.7. The second-order valence-corrected chi connectivity index (χ2v) is 4.22. The number of hydrogen-bond donors (Lipinski definition) is 1. The number of aromatic nitrogens is 1. The van der Waals surface area contributed by atoms with Crippen molar-refractivity contribution in [2.24, 2.45) is 0 Å². The number of nitrogens with zero attached hydrogens (tertiary/aromatic N) is 1. The highest BCUT2D eigenvalue weighted by atomic mass is 35.5. The lowest BCUT2D eigenvalue weighted by molar-refractivity contribution is 0.594. The zero-order valence-corrected chi connectivity index (χ0v) is 9.91. The van der Waals surface area contributed by atoms with Crippen molar-refractivity contribution < 1.29 is 8.81 Å². The van der Waals surface area contributed by atoms with Crippen LogP contribution >= 0.6 is 11.6 Å². The summed E-state index contributed by atoms with van der Waals surface area (Å²) in [5, 5.41) is 0.432. The Balaban J connectivity index is 2.30. The molecule has 0 fully saturated rings. The van der Waals surface area contributed by atoms with E-state index in [0.29, 0.717) is 16.1 Å². The molecule has 18 heavy (non-hydrogen) atoms. The maximum absolute atomic E-state index is 13.8. The standard InChI is InChI=1S/C13H8ClFN2O/c14-7-3-1-6-10-12(7)18-13(17-10)11-8(15)4-2-5-9(11)16/h1-6H,16H2. The monoisotopic (exact) mass is 262 g/mol. The van der Waals surface area contributed by atoms with E-state index in [1.807, 2.05) is 0 Å². The van der Waals surface area contributed by atoms with E-state index in [0.717, 1.165) is 0 Å². The van der Waals surface area contributed by atoms with Crippen LogP contribution in [0.15, 0.2) is 40.8 Å². The lowest BCUT2D eigenvalue weighted by Gasteiger charge is -2.01. The van der Waals surface area contributed by atoms with E-state index in [1.165, 1.54) is 12.1 Å². The fourth-order valence-corrected chi connectivity index (χ4v) is 2.00. The number of hydrogen-bond acceptors (Lipinski definition) is 3. The fourth-order valence-electron chi connectivity index (χ4n) is 1.79. The number of benzene rings is 2. The van der Waals surface area contributed by atoms with E-state index < -0.39 is 5.82 Å². The topological polar surface area (TPSA) is 52.0 Å². The summed E-state index contributed by atoms with van der Waals surface area (Å²) >= 11 is 5.98. The smallest absolute Gasteiger partial charge is 0.232 e. The molecule has 0 unspecified atom stereocenters. The molecule has 1 aromatic heterocycles. The molecule has 2 N–H and O–H groups in total. The van der Waals surface area contributed by atoms with Crippen LogP contribution in [0.2, 0.25) is 5.02 Å². The summed E-state index contributed by atoms with van der Waals surface area (Å²) in [4.78, 5) is 4.19. The molecule has 5 heteroatoms. The van der Waals surface area contributed by atoms with Crippen LogP contribution in [0.5, 0.6) is 0 Å². The molecule has 0 saturated carbocycles. The third-order valence-corrected chi connectivity index (χ3v) is 2.92. The highest BCUT2D eigenvalue weighted by Crippen LogP contribution is 2.33. The van der Waals surface area contributed by atoms with Gasteiger partial charge in [-0.05, 0) is 24.3 Å². The Morgan fingerprint density at radius 2 is 1.94 bits per heavy atom. The Morgan fingerprint density at radius 1 is 1.17 bits per heavy atom. The van der Waals surface area contributed by atoms with Crippen molar-refractivity contribution in [3.05, 3.63) is 47.2 Å². The van der Waals surface area contributed by atoms with Crippen molar-refractivity contribution in [1.29, 1.82) is 0 Å². The van der Waals surface area contributed by atoms with Crippen LogP contribution in [-0.4, -0.2) is 4.98 Å². The second-order valence-electron chi connectivity index (χ2n) is 3.81. The number of halogens is 2. The van der Waals surface area contributed by atoms with Gasteiger partial charge in [-0.15, -0.1) is 0 Å². The molecule has 0 spiro atoms. The fraction of sp³-hybridized carbons (Fsp3) is 0. The Bertz CT molecular complexity index is 719. The normalized spacial score (nSPS) is 11.0. The molecule has 0 aliphatic heterocycles. The van der Waals surface area contributed by atoms with Crippen molar-refractivity contribution in [1.82, 2.24) is 4.98 Å². The van der Waals surface area contributed by atoms with Gasteiger partial charge < -0.3 is 10.2 Å². The molecule has 3 nitrogen and oxygen atoms in total. The number of anilines is 1. The van der Waals surface area contributed by atoms with Crippen LogP contribution in [0, 0.1) is 5.82 Å². The molecule has 3 rings (SSSR count). The molecule has 0 bridgehead atoms. The highest BCUT2D eigenvalue weighted by Gasteiger charge is 2.16. The lowest BCUT2D eigenvalue weighted by Crippen LogP contribution is -1.93. The molecule has 1 heterocycles. The average molecular weight is 263 g/mol. The number of para-hydroxylation sites is 1. The van der Waals surface area contributed by atoms with Crippen molar-refractivity contribution in [3.8, 4) is 11.5 Å². The van der Waals surface area contributed by atoms with E-state index >= 15 is 0 Å². The molecular weight excluding hydrogens is 255 g/mol. The molecule has 0 aliphatic carbocycles. The largest absolute Gasteiger partial charge is 0.434 e. The minimum absolute atomic E-state index is 0.133. The van der Waals surface area contributed by atoms with Gasteiger partial charge >= 0.3 is 0 Å². The first-order valence-electron chi connectivity index (χ1n) is 5.26. The van der Waals surface area contributed by atoms with Gasteiger partial charge in [0.15, 0.2) is 5.58 Å². The number of oxazole rings is 1. The van der Waals surface area contributed by atoms with Crippen LogP contribution < -0.4 is 5.73 Å². The summed E-state index contributed by atoms with van der Waals surface area (Å²) in [7, 11) is 0. The molecule has 0 saturated heterocycles. The predicted molar refractivity (Wildman–Crippen MR) is 68.8 cm³/mol. The van der Waals surface area contributed by atoms with E-state index in [2.05, 4.69) is 4.98 Å². The van der Waals surface area contributed by atoms with Crippen molar-refractivity contribution in [2.75, 3.05) is 5.73 Å². The zero-order valence-electron chi connectivity index (χ0n) is 9.15. The maximum Gasteiger partial charge on any atom is 0.232 e. The minimum Gasteiger partial charge on any atom is -0.434 e. The van der Waals surface area contributed by atoms with Crippen molar-refractivity contribution in [3.63, 3.8) is 0 Å². The first-order chi connectivity index (χ1) is 8.66. The first kappa shape index (κ1) is 11.0. The third-order valence-electron chi connectivity index (χ3n) is 2.63. The molecule has 2 aromatic carbocycles. The van der Waals surface area contributed by atoms with E-state index in [1.54, 1.807) is 24.3 Å². The second kappa shape index (κ2) is 3.99. The summed E-state index contributed by atoms with van der Waals surface area (Å²) < 4.78 is 19.2. The highest BCUT2D eigenvalue weighted by molar-refractivity contribution is 6.34. The molecule has 0 aliphatic rings. The number of rotatable bonds is 1. The van der Waals surface area contributed by atoms with Gasteiger partial charge in [0.25, 0.3) is 0 Å². The van der Waals surface area contributed by atoms with Crippen LogP contribution in [0.25, 0.3) is 22.6 Å². The molecule has 0 amide bonds. The molecular formula is C13H8ClFN2O. The Labute approximate surface area is 107 Å². The first-order valence-corrected chi connectivity index (χ1v) is 5.64. The molecule has 0 radical (unpaired) electrons. The third kappa shape index (κ3) is 1.62. The summed E-state index contributed by atoms with van der Waals surface area (Å²) in [6.07, 6.45) is 0. The minimum atomic E-state index is -0.474. The van der Waals surface area contributed by atoms with Gasteiger partial charge in [0.05, 0.1) is 10.6 Å². The number of fused-ring (bicyclic) bond motifs is 1. The van der Waals surface area contributed by atoms with Gasteiger partial charge in [-0.1, -0.05) is 23.7 Å². The van der Waals surface area contributed by atoms with Gasteiger partial charge in [0.2, 0.25) is 5.89 Å². The Hall–Kier alpha value is -2.07. The average Bonchev–Trinajstić information content (AvgIpc) is 2.74. The lowest BCUT2D eigenvalue weighted by atomic mass is 10.1. The van der Waals surface area contributed by atoms with Gasteiger partial charge in [-0.3, -0.25) is 0 Å². The predicted octanol–water partition coefficient (Wildman–Crippen LogP) is 3.87. The van der Waals surface area contributed by atoms with Crippen LogP contribution in [0.1, 0.15) is 0 Å². The van der Waals surface area contributed by atoms with Gasteiger partial charge in [0.1, 0.15) is 11.3 Å². The van der Waals surface area contributed by atoms with E-state index in [-0.39, 0.29) is 17.1 Å². The quantitative estimate of drug-likeness (QED) is 0.677. The summed E-state index contributed by atoms with van der Waals surface area (Å²) in [6, 6.07) is 9.61. The number of nitrogens with two attached hydrogens (primary N) is 1. The van der Waals surface area contributed by atoms with Crippen LogP contribution in [0.4, 0.5) is 10.1 Å². The van der Waals surface area contributed by atoms with Gasteiger partial charge in [0, 0.05) is 5.69 Å². The molecule has 3 aromatic rings. The van der Waals surface area contributed by atoms with E-state index in [4.69, 9.17) is 21.8 Å². The van der Waals surface area contributed by atoms with Gasteiger partial charge in [-0.2, -0.15) is 0 Å². The Morgan fingerprint density at radius 3 is 2.67 bits per heavy atom. The maximum atomic E-state index is 13.8. The van der Waals surface area contributed by atoms with Crippen molar-refractivity contribution >= 4 is 28.4 Å². The van der Waals surface area contributed by atoms with Crippen LogP contribution in [0.3, 0.4) is 0 Å². The van der Waals surface area contributed by atoms with Crippen LogP contribution in [-0.2, 0) is 0 Å². The SMILES string of the molecule is Nc1cccc(F)c1-c1nc2cccc(Cl)c2o1.